The van der Waals surface area contributed by atoms with E-state index in [1.165, 1.54) is 6.20 Å². The van der Waals surface area contributed by atoms with Gasteiger partial charge in [-0.15, -0.1) is 0 Å². The highest BCUT2D eigenvalue weighted by atomic mass is 16.3. The first-order valence-corrected chi connectivity index (χ1v) is 22.4. The zero-order valence-electron chi connectivity index (χ0n) is 49.1. The predicted molar refractivity (Wildman–Crippen MR) is 279 cm³/mol. The molecule has 7 aromatic carbocycles. The third kappa shape index (κ3) is 8.49. The molecule has 0 saturated heterocycles. The van der Waals surface area contributed by atoms with E-state index in [2.05, 4.69) is 59.7 Å². The van der Waals surface area contributed by atoms with E-state index >= 15 is 0 Å². The Kier molecular flexibility index (Phi) is 8.49. The summed E-state index contributed by atoms with van der Waals surface area (Å²) in [6.07, 6.45) is 1.54. The van der Waals surface area contributed by atoms with E-state index in [4.69, 9.17) is 23.7 Å². The van der Waals surface area contributed by atoms with Gasteiger partial charge in [-0.3, -0.25) is 9.55 Å². The van der Waals surface area contributed by atoms with E-state index in [1.54, 1.807) is 18.2 Å². The Morgan fingerprint density at radius 2 is 1.20 bits per heavy atom. The van der Waals surface area contributed by atoms with Crippen molar-refractivity contribution in [1.82, 2.24) is 14.5 Å². The van der Waals surface area contributed by atoms with Crippen molar-refractivity contribution >= 4 is 11.0 Å². The van der Waals surface area contributed by atoms with Crippen LogP contribution in [0.1, 0.15) is 104 Å². The fraction of sp³-hybridized carbons (Fsp3) is 0.226. The van der Waals surface area contributed by atoms with Gasteiger partial charge in [0.2, 0.25) is 0 Å². The number of para-hydroxylation sites is 2. The summed E-state index contributed by atoms with van der Waals surface area (Å²) >= 11 is 0. The van der Waals surface area contributed by atoms with Crippen molar-refractivity contribution in [3.05, 3.63) is 192 Å². The van der Waals surface area contributed by atoms with Crippen molar-refractivity contribution in [2.75, 3.05) is 0 Å². The highest BCUT2D eigenvalue weighted by Crippen LogP contribution is 2.45. The van der Waals surface area contributed by atoms with Crippen LogP contribution in [0.5, 0.6) is 5.75 Å². The second kappa shape index (κ2) is 16.7. The highest BCUT2D eigenvalue weighted by Gasteiger charge is 2.27. The number of aromatic nitrogens is 3. The Morgan fingerprint density at radius 3 is 1.88 bits per heavy atom. The van der Waals surface area contributed by atoms with Crippen LogP contribution >= 0.6 is 0 Å². The molecule has 330 valence electrons. The van der Waals surface area contributed by atoms with E-state index in [0.29, 0.717) is 56.1 Å². The molecule has 0 aliphatic heterocycles. The Hall–Kier alpha value is -7.04. The molecule has 4 nitrogen and oxygen atoms in total. The van der Waals surface area contributed by atoms with Gasteiger partial charge in [-0.25, -0.2) is 4.98 Å². The van der Waals surface area contributed by atoms with Gasteiger partial charge >= 0.3 is 0 Å². The maximum Gasteiger partial charge on any atom is 0.149 e. The quantitative estimate of drug-likeness (QED) is 0.174. The summed E-state index contributed by atoms with van der Waals surface area (Å²) in [7, 11) is 0. The number of phenols is 1. The normalized spacial score (nSPS) is 14.8. The predicted octanol–water partition coefficient (Wildman–Crippen LogP) is 16.6. The first-order chi connectivity index (χ1) is 35.4. The summed E-state index contributed by atoms with van der Waals surface area (Å²) in [6, 6.07) is 40.5. The topological polar surface area (TPSA) is 50.9 Å². The molecule has 0 bridgehead atoms. The average molecular weight is 874 g/mol. The summed E-state index contributed by atoms with van der Waals surface area (Å²) < 4.78 is 87.9. The van der Waals surface area contributed by atoms with Crippen molar-refractivity contribution in [1.29, 1.82) is 0 Å². The van der Waals surface area contributed by atoms with E-state index < -0.39 is 48.9 Å². The minimum absolute atomic E-state index is 0.0385. The average Bonchev–Trinajstić information content (AvgIpc) is 3.77. The zero-order chi connectivity index (χ0) is 55.2. The smallest absolute Gasteiger partial charge is 0.149 e. The number of imidazole rings is 1. The fourth-order valence-corrected chi connectivity index (χ4v) is 8.66. The van der Waals surface area contributed by atoms with Gasteiger partial charge < -0.3 is 5.11 Å². The van der Waals surface area contributed by atoms with Gasteiger partial charge in [-0.05, 0) is 134 Å². The van der Waals surface area contributed by atoms with Gasteiger partial charge in [-0.2, -0.15) is 0 Å². The summed E-state index contributed by atoms with van der Waals surface area (Å²) in [5.41, 5.74) is 9.47. The fourth-order valence-electron chi connectivity index (χ4n) is 8.66. The van der Waals surface area contributed by atoms with Crippen molar-refractivity contribution in [2.45, 2.75) is 92.3 Å². The molecule has 9 aromatic rings. The lowest BCUT2D eigenvalue weighted by Crippen LogP contribution is -2.12. The van der Waals surface area contributed by atoms with Crippen molar-refractivity contribution < 1.29 is 18.8 Å². The van der Waals surface area contributed by atoms with Crippen LogP contribution in [0.25, 0.3) is 83.9 Å². The summed E-state index contributed by atoms with van der Waals surface area (Å²) in [4.78, 5) is 10.3. The molecule has 0 spiro atoms. The molecule has 66 heavy (non-hydrogen) atoms. The summed E-state index contributed by atoms with van der Waals surface area (Å²) in [5, 5.41) is 12.4. The molecule has 0 unspecified atom stereocenters. The largest absolute Gasteiger partial charge is 0.507 e. The SMILES string of the molecule is [2H]c1c([2H])c(C([2H])([2H])[2H])c([2H])c([2H])c1-c1ccnc(-c2cc(-c3cccc4c3nc(-c3cccc(C(C)(C)C)c3O)n4-c3cc(C([2H])([2H])[2H])c(-c4ccc(C(C)(C)C)cc4)cc3-c3ccccc3)cc(C(C)(C)C)c2)c1. The molecule has 2 heterocycles. The van der Waals surface area contributed by atoms with Crippen LogP contribution in [-0.2, 0) is 16.2 Å². The lowest BCUT2D eigenvalue weighted by atomic mass is 9.83. The van der Waals surface area contributed by atoms with Crippen molar-refractivity contribution in [3.63, 3.8) is 0 Å². The maximum absolute atomic E-state index is 12.4. The van der Waals surface area contributed by atoms with Crippen molar-refractivity contribution in [2.24, 2.45) is 0 Å². The molecule has 2 aromatic heterocycles. The third-order valence-electron chi connectivity index (χ3n) is 12.4. The van der Waals surface area contributed by atoms with Crippen molar-refractivity contribution in [3.8, 4) is 78.6 Å². The molecule has 0 aliphatic rings. The standard InChI is InChI=1S/C62H61N3O/c1-39-23-25-41(26-24-39)44-31-32-63-54(37-44)46-34-45(35-48(36-46)61(6,7)8)49-19-16-22-55-57(49)64-59(50-20-15-21-53(58(50)66)62(9,10)11)65(55)56-33-40(2)51(38-52(56)42-17-13-12-14-18-42)43-27-29-47(30-28-43)60(3,4)5/h12-38,66H,1-11H3/i1D3,2D3,23D,24D,25D,26D. The van der Waals surface area contributed by atoms with Crippen LogP contribution in [0.2, 0.25) is 0 Å². The molecule has 0 aliphatic carbocycles. The zero-order valence-corrected chi connectivity index (χ0v) is 39.1. The lowest BCUT2D eigenvalue weighted by Gasteiger charge is -2.23. The Morgan fingerprint density at radius 1 is 0.515 bits per heavy atom. The molecule has 0 radical (unpaired) electrons. The van der Waals surface area contributed by atoms with E-state index in [1.807, 2.05) is 122 Å². The van der Waals surface area contributed by atoms with Crippen LogP contribution in [-0.4, -0.2) is 19.6 Å². The van der Waals surface area contributed by atoms with Gasteiger partial charge in [0.25, 0.3) is 0 Å². The first kappa shape index (κ1) is 33.4. The molecular weight excluding hydrogens is 803 g/mol. The molecule has 0 fully saturated rings. The number of phenolic OH excluding ortho intramolecular Hbond substituents is 1. The lowest BCUT2D eigenvalue weighted by molar-refractivity contribution is 0.448. The number of aryl methyl sites for hydroxylation is 1. The molecule has 0 atom stereocenters. The first-order valence-electron chi connectivity index (χ1n) is 27.4. The minimum Gasteiger partial charge on any atom is -0.507 e. The van der Waals surface area contributed by atoms with Gasteiger partial charge in [0.15, 0.2) is 0 Å². The number of nitrogens with zero attached hydrogens (tertiary/aromatic N) is 3. The Labute approximate surface area is 405 Å². The van der Waals surface area contributed by atoms with E-state index in [-0.39, 0.29) is 27.7 Å². The maximum atomic E-state index is 12.4. The molecule has 1 N–H and O–H groups in total. The number of hydrogen-bond acceptors (Lipinski definition) is 3. The molecule has 0 saturated carbocycles. The summed E-state index contributed by atoms with van der Waals surface area (Å²) in [6.45, 7) is 13.4. The van der Waals surface area contributed by atoms with Gasteiger partial charge in [-0.1, -0.05) is 177 Å². The van der Waals surface area contributed by atoms with E-state index in [0.717, 1.165) is 38.9 Å². The van der Waals surface area contributed by atoms with Crippen LogP contribution < -0.4 is 0 Å². The van der Waals surface area contributed by atoms with Crippen LogP contribution in [0.15, 0.2) is 164 Å². The Balaban J connectivity index is 1.34. The summed E-state index contributed by atoms with van der Waals surface area (Å²) in [5.74, 6) is 0.451. The number of pyridine rings is 1. The second-order valence-corrected chi connectivity index (χ2v) is 20.2. The molecule has 9 rings (SSSR count). The molecule has 0 amide bonds. The number of aromatic hydroxyl groups is 1. The Bertz CT molecular complexity index is 3690. The third-order valence-corrected chi connectivity index (χ3v) is 12.4. The number of rotatable bonds is 7. The van der Waals surface area contributed by atoms with Gasteiger partial charge in [0.05, 0.1) is 33.5 Å². The number of benzene rings is 7. The van der Waals surface area contributed by atoms with Crippen LogP contribution in [0.3, 0.4) is 0 Å². The second-order valence-electron chi connectivity index (χ2n) is 20.2. The highest BCUT2D eigenvalue weighted by molar-refractivity contribution is 5.98. The van der Waals surface area contributed by atoms with Gasteiger partial charge in [0.1, 0.15) is 11.6 Å². The minimum atomic E-state index is -2.85. The van der Waals surface area contributed by atoms with E-state index in [9.17, 15) is 5.11 Å². The molecular formula is C62H61N3O. The number of fused-ring (bicyclic) bond motifs is 1. The van der Waals surface area contributed by atoms with Gasteiger partial charge in [0, 0.05) is 31.1 Å². The number of hydrogen-bond donors (Lipinski definition) is 1. The van der Waals surface area contributed by atoms with Crippen LogP contribution in [0, 0.1) is 13.7 Å². The van der Waals surface area contributed by atoms with Crippen LogP contribution in [0.4, 0.5) is 0 Å². The monoisotopic (exact) mass is 874 g/mol. The molecule has 4 heteroatoms.